The van der Waals surface area contributed by atoms with Gasteiger partial charge >= 0.3 is 0 Å². The number of nitrogens with zero attached hydrogens (tertiary/aromatic N) is 3. The van der Waals surface area contributed by atoms with Crippen molar-refractivity contribution in [3.05, 3.63) is 69.9 Å². The second kappa shape index (κ2) is 13.3. The lowest BCUT2D eigenvalue weighted by Gasteiger charge is -2.27. The number of ether oxygens (including phenoxy) is 5. The van der Waals surface area contributed by atoms with Gasteiger partial charge in [-0.15, -0.1) is 11.3 Å². The number of hydrazone groups is 1. The molecule has 2 heterocycles. The maximum absolute atomic E-state index is 13.9. The SMILES string of the molecule is COCCN(CC(=O)N1N=C(c2ccc(OC)cc2OC)CC1c1ccc(OC)c(OC)c1)C(=O)c1cccs1. The van der Waals surface area contributed by atoms with Gasteiger partial charge in [0, 0.05) is 31.7 Å². The average Bonchev–Trinajstić information content (AvgIpc) is 3.69. The average molecular weight is 568 g/mol. The van der Waals surface area contributed by atoms with Crippen LogP contribution in [0.4, 0.5) is 0 Å². The standard InChI is InChI=1S/C29H33N3O7S/c1-35-13-12-31(29(34)27-7-6-14-40-27)18-28(33)32-23(19-8-11-24(37-3)26(15-19)39-5)17-22(30-32)21-10-9-20(36-2)16-25(21)38-4/h6-11,14-16,23H,12-13,17-18H2,1-5H3. The molecule has 40 heavy (non-hydrogen) atoms. The Kier molecular flexibility index (Phi) is 9.62. The zero-order chi connectivity index (χ0) is 28.6. The van der Waals surface area contributed by atoms with E-state index in [9.17, 15) is 9.59 Å². The smallest absolute Gasteiger partial charge is 0.264 e. The summed E-state index contributed by atoms with van der Waals surface area (Å²) in [7, 11) is 7.85. The molecule has 4 rings (SSSR count). The van der Waals surface area contributed by atoms with Gasteiger partial charge in [-0.3, -0.25) is 9.59 Å². The predicted octanol–water partition coefficient (Wildman–Crippen LogP) is 4.25. The van der Waals surface area contributed by atoms with Crippen LogP contribution in [-0.2, 0) is 9.53 Å². The van der Waals surface area contributed by atoms with E-state index in [-0.39, 0.29) is 24.9 Å². The fourth-order valence-electron chi connectivity index (χ4n) is 4.51. The van der Waals surface area contributed by atoms with Crippen LogP contribution in [0.25, 0.3) is 0 Å². The fourth-order valence-corrected chi connectivity index (χ4v) is 5.20. The summed E-state index contributed by atoms with van der Waals surface area (Å²) in [6.45, 7) is 0.387. The summed E-state index contributed by atoms with van der Waals surface area (Å²) in [6.07, 6.45) is 0.418. The Bertz CT molecular complexity index is 1360. The van der Waals surface area contributed by atoms with Crippen LogP contribution in [0.1, 0.15) is 33.3 Å². The molecule has 1 aromatic heterocycles. The molecule has 0 spiro atoms. The van der Waals surface area contributed by atoms with Crippen LogP contribution in [0.2, 0.25) is 0 Å². The highest BCUT2D eigenvalue weighted by Gasteiger charge is 2.36. The highest BCUT2D eigenvalue weighted by molar-refractivity contribution is 7.12. The van der Waals surface area contributed by atoms with Crippen LogP contribution in [0, 0.1) is 0 Å². The second-order valence-electron chi connectivity index (χ2n) is 8.88. The molecule has 11 heteroatoms. The van der Waals surface area contributed by atoms with E-state index in [2.05, 4.69) is 0 Å². The van der Waals surface area contributed by atoms with Crippen molar-refractivity contribution < 1.29 is 33.3 Å². The minimum absolute atomic E-state index is 0.166. The number of thiophene rings is 1. The van der Waals surface area contributed by atoms with Crippen molar-refractivity contribution in [2.75, 3.05) is 55.2 Å². The van der Waals surface area contributed by atoms with E-state index in [1.54, 1.807) is 59.8 Å². The van der Waals surface area contributed by atoms with Gasteiger partial charge < -0.3 is 28.6 Å². The number of methoxy groups -OCH3 is 5. The van der Waals surface area contributed by atoms with Crippen molar-refractivity contribution in [2.45, 2.75) is 12.5 Å². The fraction of sp³-hybridized carbons (Fsp3) is 0.345. The summed E-state index contributed by atoms with van der Waals surface area (Å²) in [5.74, 6) is 1.77. The molecule has 0 fully saturated rings. The van der Waals surface area contributed by atoms with Crippen LogP contribution < -0.4 is 18.9 Å². The molecule has 0 N–H and O–H groups in total. The molecular formula is C29H33N3O7S. The van der Waals surface area contributed by atoms with Gasteiger partial charge in [-0.2, -0.15) is 5.10 Å². The quantitative estimate of drug-likeness (QED) is 0.323. The molecule has 212 valence electrons. The maximum atomic E-state index is 13.9. The predicted molar refractivity (Wildman–Crippen MR) is 152 cm³/mol. The number of rotatable bonds is 12. The number of carbonyl (C=O) groups is 2. The van der Waals surface area contributed by atoms with Crippen molar-refractivity contribution in [2.24, 2.45) is 5.10 Å². The van der Waals surface area contributed by atoms with E-state index in [0.717, 1.165) is 11.1 Å². The summed E-state index contributed by atoms with van der Waals surface area (Å²) in [5, 5.41) is 8.05. The molecular weight excluding hydrogens is 534 g/mol. The molecule has 3 aromatic rings. The largest absolute Gasteiger partial charge is 0.497 e. The van der Waals surface area contributed by atoms with Gasteiger partial charge in [0.25, 0.3) is 11.8 Å². The van der Waals surface area contributed by atoms with Gasteiger partial charge in [-0.25, -0.2) is 5.01 Å². The first kappa shape index (κ1) is 28.9. The number of amides is 2. The summed E-state index contributed by atoms with van der Waals surface area (Å²) in [4.78, 5) is 29.1. The highest BCUT2D eigenvalue weighted by Crippen LogP contribution is 2.39. The van der Waals surface area contributed by atoms with Crippen LogP contribution in [0.3, 0.4) is 0 Å². The maximum Gasteiger partial charge on any atom is 0.264 e. The Morgan fingerprint density at radius 1 is 0.950 bits per heavy atom. The molecule has 0 bridgehead atoms. The number of hydrogen-bond acceptors (Lipinski definition) is 9. The Morgan fingerprint density at radius 2 is 1.73 bits per heavy atom. The summed E-state index contributed by atoms with van der Waals surface area (Å²) < 4.78 is 27.1. The molecule has 0 aliphatic carbocycles. The molecule has 1 aliphatic rings. The van der Waals surface area contributed by atoms with Crippen molar-refractivity contribution in [1.29, 1.82) is 0 Å². The van der Waals surface area contributed by atoms with Gasteiger partial charge in [0.1, 0.15) is 18.0 Å². The summed E-state index contributed by atoms with van der Waals surface area (Å²) >= 11 is 1.33. The normalized spacial score (nSPS) is 14.5. The summed E-state index contributed by atoms with van der Waals surface area (Å²) in [6, 6.07) is 14.1. The van der Waals surface area contributed by atoms with Crippen LogP contribution in [0.5, 0.6) is 23.0 Å². The van der Waals surface area contributed by atoms with Gasteiger partial charge in [0.2, 0.25) is 0 Å². The molecule has 0 radical (unpaired) electrons. The lowest BCUT2D eigenvalue weighted by atomic mass is 9.97. The lowest BCUT2D eigenvalue weighted by Crippen LogP contribution is -2.42. The first-order chi connectivity index (χ1) is 19.4. The molecule has 2 aromatic carbocycles. The number of carbonyl (C=O) groups excluding carboxylic acids is 2. The number of benzene rings is 2. The van der Waals surface area contributed by atoms with E-state index in [4.69, 9.17) is 28.8 Å². The molecule has 0 saturated heterocycles. The van der Waals surface area contributed by atoms with Crippen LogP contribution >= 0.6 is 11.3 Å². The van der Waals surface area contributed by atoms with Crippen molar-refractivity contribution >= 4 is 28.9 Å². The zero-order valence-corrected chi connectivity index (χ0v) is 24.0. The topological polar surface area (TPSA) is 99.1 Å². The Hall–Kier alpha value is -4.09. The van der Waals surface area contributed by atoms with Crippen molar-refractivity contribution in [3.63, 3.8) is 0 Å². The van der Waals surface area contributed by atoms with E-state index in [0.29, 0.717) is 46.6 Å². The molecule has 2 amide bonds. The monoisotopic (exact) mass is 567 g/mol. The molecule has 0 saturated carbocycles. The highest BCUT2D eigenvalue weighted by atomic mass is 32.1. The van der Waals surface area contributed by atoms with Gasteiger partial charge in [0.05, 0.1) is 51.7 Å². The zero-order valence-electron chi connectivity index (χ0n) is 23.2. The molecule has 10 nitrogen and oxygen atoms in total. The van der Waals surface area contributed by atoms with E-state index in [1.165, 1.54) is 21.2 Å². The second-order valence-corrected chi connectivity index (χ2v) is 9.83. The summed E-state index contributed by atoms with van der Waals surface area (Å²) in [5.41, 5.74) is 2.22. The third-order valence-corrected chi connectivity index (χ3v) is 7.45. The Labute approximate surface area is 237 Å². The minimum Gasteiger partial charge on any atom is -0.497 e. The lowest BCUT2D eigenvalue weighted by molar-refractivity contribution is -0.133. The molecule has 1 unspecified atom stereocenters. The van der Waals surface area contributed by atoms with Gasteiger partial charge in [0.15, 0.2) is 11.5 Å². The van der Waals surface area contributed by atoms with Gasteiger partial charge in [-0.1, -0.05) is 12.1 Å². The first-order valence-electron chi connectivity index (χ1n) is 12.6. The van der Waals surface area contributed by atoms with Crippen LogP contribution in [0.15, 0.2) is 59.0 Å². The first-order valence-corrected chi connectivity index (χ1v) is 13.5. The van der Waals surface area contributed by atoms with Crippen LogP contribution in [-0.4, -0.2) is 82.7 Å². The minimum atomic E-state index is -0.449. The molecule has 1 atom stereocenters. The van der Waals surface area contributed by atoms with E-state index >= 15 is 0 Å². The van der Waals surface area contributed by atoms with E-state index < -0.39 is 6.04 Å². The van der Waals surface area contributed by atoms with E-state index in [1.807, 2.05) is 29.6 Å². The van der Waals surface area contributed by atoms with Crippen molar-refractivity contribution in [1.82, 2.24) is 9.91 Å². The Morgan fingerprint density at radius 3 is 2.38 bits per heavy atom. The van der Waals surface area contributed by atoms with Crippen molar-refractivity contribution in [3.8, 4) is 23.0 Å². The van der Waals surface area contributed by atoms with Gasteiger partial charge in [-0.05, 0) is 41.3 Å². The third kappa shape index (κ3) is 6.21. The molecule has 1 aliphatic heterocycles. The third-order valence-electron chi connectivity index (χ3n) is 6.59. The Balaban J connectivity index is 1.71. The number of hydrogen-bond donors (Lipinski definition) is 0.